The number of pyridine rings is 2. The van der Waals surface area contributed by atoms with Gasteiger partial charge in [0.05, 0.1) is 22.3 Å². The summed E-state index contributed by atoms with van der Waals surface area (Å²) in [5.74, 6) is 0. The average molecular weight is 310 g/mol. The number of hydrogen-bond donors (Lipinski definition) is 1. The van der Waals surface area contributed by atoms with E-state index in [-0.39, 0.29) is 5.69 Å². The maximum Gasteiger partial charge on any atom is 0.357 e. The third kappa shape index (κ3) is 2.52. The molecule has 0 aliphatic heterocycles. The zero-order valence-corrected chi connectivity index (χ0v) is 12.4. The van der Waals surface area contributed by atoms with E-state index >= 15 is 0 Å². The van der Waals surface area contributed by atoms with Gasteiger partial charge in [-0.1, -0.05) is 18.2 Å². The summed E-state index contributed by atoms with van der Waals surface area (Å²) >= 11 is 0. The summed E-state index contributed by atoms with van der Waals surface area (Å²) < 4.78 is 1.40. The molecule has 116 valence electrons. The summed E-state index contributed by atoms with van der Waals surface area (Å²) in [5, 5.41) is 15.1. The van der Waals surface area contributed by atoms with Crippen molar-refractivity contribution in [2.24, 2.45) is 0 Å². The Kier molecular flexibility index (Phi) is 3.76. The van der Waals surface area contributed by atoms with Gasteiger partial charge in [0, 0.05) is 18.1 Å². The Morgan fingerprint density at radius 1 is 1.26 bits per heavy atom. The van der Waals surface area contributed by atoms with Crippen molar-refractivity contribution in [3.63, 3.8) is 0 Å². The molecule has 0 aliphatic rings. The molecule has 7 nitrogen and oxygen atoms in total. The minimum Gasteiger partial charge on any atom is -0.348 e. The number of nitro groups is 1. The Balaban J connectivity index is 2.36. The Labute approximate surface area is 131 Å². The van der Waals surface area contributed by atoms with Gasteiger partial charge in [-0.25, -0.2) is 0 Å². The molecule has 0 unspecified atom stereocenters. The minimum atomic E-state index is -0.639. The van der Waals surface area contributed by atoms with Gasteiger partial charge in [-0.05, 0) is 25.1 Å². The quantitative estimate of drug-likeness (QED) is 0.591. The predicted molar refractivity (Wildman–Crippen MR) is 88.1 cm³/mol. The van der Waals surface area contributed by atoms with E-state index in [9.17, 15) is 14.9 Å². The molecule has 0 bridgehead atoms. The van der Waals surface area contributed by atoms with Crippen LogP contribution in [0.3, 0.4) is 0 Å². The lowest BCUT2D eigenvalue weighted by Crippen LogP contribution is -2.23. The number of fused-ring (bicyclic) bond motifs is 1. The van der Waals surface area contributed by atoms with E-state index < -0.39 is 16.2 Å². The van der Waals surface area contributed by atoms with E-state index in [1.807, 2.05) is 0 Å². The lowest BCUT2D eigenvalue weighted by atomic mass is 10.1. The average Bonchev–Trinajstić information content (AvgIpc) is 2.56. The molecule has 1 aromatic carbocycles. The van der Waals surface area contributed by atoms with Crippen molar-refractivity contribution in [1.29, 1.82) is 0 Å². The molecule has 1 N–H and O–H groups in total. The van der Waals surface area contributed by atoms with Gasteiger partial charge in [0.1, 0.15) is 5.69 Å². The molecule has 0 radical (unpaired) electrons. The molecule has 0 amide bonds. The number of nitrogens with one attached hydrogen (secondary N) is 1. The van der Waals surface area contributed by atoms with Crippen molar-refractivity contribution >= 4 is 28.0 Å². The topological polar surface area (TPSA) is 90.1 Å². The first-order valence-electron chi connectivity index (χ1n) is 7.10. The molecule has 7 heteroatoms. The molecule has 2 heterocycles. The Morgan fingerprint density at radius 3 is 2.70 bits per heavy atom. The fourth-order valence-electron chi connectivity index (χ4n) is 2.58. The van der Waals surface area contributed by atoms with Gasteiger partial charge >= 0.3 is 11.2 Å². The van der Waals surface area contributed by atoms with Gasteiger partial charge in [-0.3, -0.25) is 19.9 Å². The molecule has 23 heavy (non-hydrogen) atoms. The van der Waals surface area contributed by atoms with Crippen molar-refractivity contribution < 1.29 is 4.92 Å². The molecule has 0 atom stereocenters. The summed E-state index contributed by atoms with van der Waals surface area (Å²) in [6.45, 7) is 2.14. The summed E-state index contributed by atoms with van der Waals surface area (Å²) in [7, 11) is 0. The van der Waals surface area contributed by atoms with Crippen molar-refractivity contribution in [3.8, 4) is 0 Å². The van der Waals surface area contributed by atoms with E-state index in [4.69, 9.17) is 0 Å². The number of hydrogen-bond acceptors (Lipinski definition) is 5. The molecule has 0 fully saturated rings. The second kappa shape index (κ2) is 5.88. The predicted octanol–water partition coefficient (Wildman–Crippen LogP) is 3.07. The number of para-hydroxylation sites is 1. The number of anilines is 2. The number of benzene rings is 1. The highest BCUT2D eigenvalue weighted by Crippen LogP contribution is 2.32. The third-order valence-electron chi connectivity index (χ3n) is 3.58. The van der Waals surface area contributed by atoms with Crippen LogP contribution in [0.2, 0.25) is 0 Å². The monoisotopic (exact) mass is 310 g/mol. The van der Waals surface area contributed by atoms with Crippen LogP contribution in [-0.2, 0) is 6.54 Å². The lowest BCUT2D eigenvalue weighted by molar-refractivity contribution is -0.385. The van der Waals surface area contributed by atoms with Gasteiger partial charge in [0.15, 0.2) is 0 Å². The van der Waals surface area contributed by atoms with E-state index in [1.54, 1.807) is 55.7 Å². The van der Waals surface area contributed by atoms with Crippen LogP contribution in [0.25, 0.3) is 10.9 Å². The first-order valence-corrected chi connectivity index (χ1v) is 7.10. The van der Waals surface area contributed by atoms with Crippen LogP contribution in [0.1, 0.15) is 6.92 Å². The molecule has 2 aromatic heterocycles. The van der Waals surface area contributed by atoms with E-state index in [1.165, 1.54) is 4.57 Å². The van der Waals surface area contributed by atoms with E-state index in [0.29, 0.717) is 23.1 Å². The smallest absolute Gasteiger partial charge is 0.348 e. The molecule has 0 aliphatic carbocycles. The maximum atomic E-state index is 12.5. The second-order valence-electron chi connectivity index (χ2n) is 4.91. The number of rotatable bonds is 4. The van der Waals surface area contributed by atoms with Gasteiger partial charge in [0.2, 0.25) is 0 Å². The maximum absolute atomic E-state index is 12.5. The van der Waals surface area contributed by atoms with Crippen LogP contribution in [0.5, 0.6) is 0 Å². The first kappa shape index (κ1) is 14.7. The molecular formula is C16H14N4O3. The van der Waals surface area contributed by atoms with E-state index in [2.05, 4.69) is 10.3 Å². The normalized spacial score (nSPS) is 10.7. The van der Waals surface area contributed by atoms with Crippen LogP contribution in [-0.4, -0.2) is 14.5 Å². The first-order chi connectivity index (χ1) is 11.1. The lowest BCUT2D eigenvalue weighted by Gasteiger charge is -2.14. The molecule has 0 saturated heterocycles. The zero-order chi connectivity index (χ0) is 16.4. The Morgan fingerprint density at radius 2 is 2.04 bits per heavy atom. The fourth-order valence-corrected chi connectivity index (χ4v) is 2.58. The van der Waals surface area contributed by atoms with Crippen molar-refractivity contribution in [2.45, 2.75) is 13.5 Å². The standard InChI is InChI=1S/C16H14N4O3/c1-2-19-13-8-4-3-7-12(13)14(15(16(19)21)20(22)23)18-11-6-5-9-17-10-11/h3-10,18H,2H2,1H3. The summed E-state index contributed by atoms with van der Waals surface area (Å²) in [6, 6.07) is 10.6. The number of aromatic nitrogens is 2. The van der Waals surface area contributed by atoms with Crippen LogP contribution >= 0.6 is 0 Å². The highest BCUT2D eigenvalue weighted by molar-refractivity contribution is 5.97. The zero-order valence-electron chi connectivity index (χ0n) is 12.4. The van der Waals surface area contributed by atoms with E-state index in [0.717, 1.165) is 0 Å². The van der Waals surface area contributed by atoms with Crippen LogP contribution in [0, 0.1) is 10.1 Å². The van der Waals surface area contributed by atoms with Crippen LogP contribution in [0.15, 0.2) is 53.6 Å². The van der Waals surface area contributed by atoms with Crippen molar-refractivity contribution in [2.75, 3.05) is 5.32 Å². The Bertz CT molecular complexity index is 935. The Hall–Kier alpha value is -3.22. The highest BCUT2D eigenvalue weighted by atomic mass is 16.6. The molecule has 3 rings (SSSR count). The minimum absolute atomic E-state index is 0.188. The summed E-state index contributed by atoms with van der Waals surface area (Å²) in [5.41, 5.74) is 0.330. The number of nitrogens with zero attached hydrogens (tertiary/aromatic N) is 3. The fraction of sp³-hybridized carbons (Fsp3) is 0.125. The van der Waals surface area contributed by atoms with Gasteiger partial charge in [-0.15, -0.1) is 0 Å². The summed E-state index contributed by atoms with van der Waals surface area (Å²) in [6.07, 6.45) is 3.15. The third-order valence-corrected chi connectivity index (χ3v) is 3.58. The van der Waals surface area contributed by atoms with Crippen molar-refractivity contribution in [1.82, 2.24) is 9.55 Å². The second-order valence-corrected chi connectivity index (χ2v) is 4.91. The molecule has 0 saturated carbocycles. The van der Waals surface area contributed by atoms with Gasteiger partial charge in [0.25, 0.3) is 0 Å². The SMILES string of the molecule is CCn1c(=O)c([N+](=O)[O-])c(Nc2cccnc2)c2ccccc21. The molecule has 0 spiro atoms. The highest BCUT2D eigenvalue weighted by Gasteiger charge is 2.25. The number of aryl methyl sites for hydroxylation is 1. The largest absolute Gasteiger partial charge is 0.357 e. The van der Waals surface area contributed by atoms with Gasteiger partial charge < -0.3 is 9.88 Å². The summed E-state index contributed by atoms with van der Waals surface area (Å²) in [4.78, 5) is 27.4. The van der Waals surface area contributed by atoms with Crippen molar-refractivity contribution in [3.05, 3.63) is 69.3 Å². The molecule has 3 aromatic rings. The molecular weight excluding hydrogens is 296 g/mol. The van der Waals surface area contributed by atoms with Crippen LogP contribution < -0.4 is 10.9 Å². The van der Waals surface area contributed by atoms with Gasteiger partial charge in [-0.2, -0.15) is 0 Å². The van der Waals surface area contributed by atoms with Crippen LogP contribution in [0.4, 0.5) is 17.1 Å².